The first-order valence-corrected chi connectivity index (χ1v) is 10.9. The van der Waals surface area contributed by atoms with E-state index in [9.17, 15) is 9.90 Å². The molecule has 1 rings (SSSR count). The summed E-state index contributed by atoms with van der Waals surface area (Å²) in [5.41, 5.74) is 2.98. The van der Waals surface area contributed by atoms with Crippen molar-refractivity contribution in [3.63, 3.8) is 0 Å². The number of unbranched alkanes of at least 4 members (excludes halogenated alkanes) is 2. The van der Waals surface area contributed by atoms with Gasteiger partial charge in [0.2, 0.25) is 0 Å². The summed E-state index contributed by atoms with van der Waals surface area (Å²) >= 11 is 0. The highest BCUT2D eigenvalue weighted by Gasteiger charge is 2.30. The number of rotatable bonds is 9. The summed E-state index contributed by atoms with van der Waals surface area (Å²) < 4.78 is 5.43. The summed E-state index contributed by atoms with van der Waals surface area (Å²) in [6.45, 7) is 17.8. The second-order valence-electron chi connectivity index (χ2n) is 10.5. The van der Waals surface area contributed by atoms with Crippen LogP contribution < -0.4 is 0 Å². The maximum atomic E-state index is 12.2. The minimum absolute atomic E-state index is 0.114. The first kappa shape index (κ1) is 24.5. The molecule has 0 amide bonds. The van der Waals surface area contributed by atoms with E-state index < -0.39 is 0 Å². The van der Waals surface area contributed by atoms with Crippen molar-refractivity contribution in [3.8, 4) is 5.75 Å². The van der Waals surface area contributed by atoms with Crippen molar-refractivity contribution in [1.82, 2.24) is 0 Å². The van der Waals surface area contributed by atoms with Gasteiger partial charge >= 0.3 is 5.97 Å². The molecule has 0 spiro atoms. The normalized spacial score (nSPS) is 12.5. The van der Waals surface area contributed by atoms with E-state index in [-0.39, 0.29) is 16.8 Å². The fraction of sp³-hybridized carbons (Fsp3) is 0.720. The van der Waals surface area contributed by atoms with Crippen molar-refractivity contribution in [1.29, 1.82) is 0 Å². The first-order valence-electron chi connectivity index (χ1n) is 10.9. The smallest absolute Gasteiger partial charge is 0.306 e. The Bertz CT molecular complexity index is 630. The van der Waals surface area contributed by atoms with E-state index in [0.717, 1.165) is 35.4 Å². The zero-order chi connectivity index (χ0) is 21.5. The molecule has 0 fully saturated rings. The molecule has 0 atom stereocenters. The molecule has 0 saturated heterocycles. The van der Waals surface area contributed by atoms with E-state index in [2.05, 4.69) is 55.4 Å². The van der Waals surface area contributed by atoms with Crippen molar-refractivity contribution < 1.29 is 14.6 Å². The monoisotopic (exact) mass is 390 g/mol. The average molecular weight is 391 g/mol. The Hall–Kier alpha value is -1.51. The van der Waals surface area contributed by atoms with Crippen molar-refractivity contribution >= 4 is 5.97 Å². The van der Waals surface area contributed by atoms with Crippen LogP contribution in [0.2, 0.25) is 0 Å². The third-order valence-electron chi connectivity index (χ3n) is 5.06. The molecule has 0 aliphatic carbocycles. The predicted octanol–water partition coefficient (Wildman–Crippen LogP) is 6.68. The number of phenolic OH excluding ortho intramolecular Hbond substituents is 1. The van der Waals surface area contributed by atoms with Crippen molar-refractivity contribution in [2.24, 2.45) is 5.92 Å². The molecule has 0 aliphatic heterocycles. The molecule has 1 aromatic rings. The van der Waals surface area contributed by atoms with Crippen LogP contribution in [-0.2, 0) is 26.8 Å². The van der Waals surface area contributed by atoms with Gasteiger partial charge in [0.1, 0.15) is 5.75 Å². The lowest BCUT2D eigenvalue weighted by Gasteiger charge is -2.33. The lowest BCUT2D eigenvalue weighted by Crippen LogP contribution is -2.24. The topological polar surface area (TPSA) is 46.5 Å². The van der Waals surface area contributed by atoms with E-state index in [1.54, 1.807) is 6.07 Å². The molecule has 0 aliphatic rings. The first-order chi connectivity index (χ1) is 12.8. The van der Waals surface area contributed by atoms with Gasteiger partial charge in [-0.2, -0.15) is 0 Å². The van der Waals surface area contributed by atoms with Crippen LogP contribution in [0.25, 0.3) is 0 Å². The van der Waals surface area contributed by atoms with Crippen LogP contribution in [0.5, 0.6) is 5.75 Å². The number of carbonyl (C=O) groups is 1. The summed E-state index contributed by atoms with van der Waals surface area (Å²) in [5, 5.41) is 10.5. The molecule has 0 aromatic heterocycles. The third-order valence-corrected chi connectivity index (χ3v) is 5.06. The Kier molecular flexibility index (Phi) is 9.04. The molecule has 1 aromatic carbocycles. The standard InChI is InChI=1S/C25H42O3/c1-18(2)12-10-9-11-17-28-21(27)16-14-19-13-15-20(26)23(25(6,7)8)22(19)24(3,4)5/h13,15,18,26H,9-12,14,16-17H2,1-8H3. The Morgan fingerprint density at radius 1 is 0.964 bits per heavy atom. The molecular weight excluding hydrogens is 348 g/mol. The number of aryl methyl sites for hydroxylation is 1. The Morgan fingerprint density at radius 3 is 2.11 bits per heavy atom. The zero-order valence-electron chi connectivity index (χ0n) is 19.4. The van der Waals surface area contributed by atoms with Crippen LogP contribution in [0, 0.1) is 5.92 Å². The molecular formula is C25H42O3. The van der Waals surface area contributed by atoms with E-state index in [4.69, 9.17) is 4.74 Å². The SMILES string of the molecule is CC(C)CCCCCOC(=O)CCc1ccc(O)c(C(C)(C)C)c1C(C)(C)C. The highest BCUT2D eigenvalue weighted by atomic mass is 16.5. The van der Waals surface area contributed by atoms with Gasteiger partial charge in [0.15, 0.2) is 0 Å². The molecule has 0 saturated carbocycles. The summed E-state index contributed by atoms with van der Waals surface area (Å²) in [5.74, 6) is 0.946. The van der Waals surface area contributed by atoms with Gasteiger partial charge in [0.25, 0.3) is 0 Å². The van der Waals surface area contributed by atoms with Gasteiger partial charge in [-0.25, -0.2) is 0 Å². The van der Waals surface area contributed by atoms with Crippen molar-refractivity contribution in [3.05, 3.63) is 28.8 Å². The molecule has 0 bridgehead atoms. The van der Waals surface area contributed by atoms with E-state index in [0.29, 0.717) is 25.2 Å². The number of benzene rings is 1. The average Bonchev–Trinajstić information content (AvgIpc) is 2.54. The van der Waals surface area contributed by atoms with Crippen LogP contribution in [-0.4, -0.2) is 17.7 Å². The number of esters is 1. The molecule has 3 heteroatoms. The van der Waals surface area contributed by atoms with Gasteiger partial charge in [-0.15, -0.1) is 0 Å². The van der Waals surface area contributed by atoms with Crippen LogP contribution in [0.1, 0.15) is 104 Å². The second-order valence-corrected chi connectivity index (χ2v) is 10.5. The maximum Gasteiger partial charge on any atom is 0.306 e. The largest absolute Gasteiger partial charge is 0.508 e. The second kappa shape index (κ2) is 10.3. The Balaban J connectivity index is 2.73. The van der Waals surface area contributed by atoms with Crippen LogP contribution >= 0.6 is 0 Å². The quantitative estimate of drug-likeness (QED) is 0.378. The Morgan fingerprint density at radius 2 is 1.57 bits per heavy atom. The number of hydrogen-bond donors (Lipinski definition) is 1. The molecule has 0 radical (unpaired) electrons. The van der Waals surface area contributed by atoms with Gasteiger partial charge in [0, 0.05) is 12.0 Å². The summed E-state index contributed by atoms with van der Waals surface area (Å²) in [4.78, 5) is 12.2. The highest BCUT2D eigenvalue weighted by Crippen LogP contribution is 2.41. The predicted molar refractivity (Wildman–Crippen MR) is 118 cm³/mol. The zero-order valence-corrected chi connectivity index (χ0v) is 19.4. The number of ether oxygens (including phenoxy) is 1. The van der Waals surface area contributed by atoms with E-state index >= 15 is 0 Å². The Labute approximate surface area is 172 Å². The van der Waals surface area contributed by atoms with E-state index in [1.165, 1.54) is 12.8 Å². The van der Waals surface area contributed by atoms with Crippen molar-refractivity contribution in [2.45, 2.75) is 105 Å². The van der Waals surface area contributed by atoms with E-state index in [1.807, 2.05) is 6.07 Å². The number of phenols is 1. The number of aromatic hydroxyl groups is 1. The van der Waals surface area contributed by atoms with Gasteiger partial charge < -0.3 is 9.84 Å². The summed E-state index contributed by atoms with van der Waals surface area (Å²) in [7, 11) is 0. The number of hydrogen-bond acceptors (Lipinski definition) is 3. The summed E-state index contributed by atoms with van der Waals surface area (Å²) in [6.07, 6.45) is 5.52. The lowest BCUT2D eigenvalue weighted by molar-refractivity contribution is -0.143. The lowest BCUT2D eigenvalue weighted by atomic mass is 9.72. The van der Waals surface area contributed by atoms with Gasteiger partial charge in [-0.05, 0) is 46.8 Å². The fourth-order valence-corrected chi connectivity index (χ4v) is 3.79. The molecule has 0 unspecified atom stereocenters. The van der Waals surface area contributed by atoms with Crippen LogP contribution in [0.15, 0.2) is 12.1 Å². The maximum absolute atomic E-state index is 12.2. The van der Waals surface area contributed by atoms with Gasteiger partial charge in [-0.1, -0.05) is 80.7 Å². The van der Waals surface area contributed by atoms with Crippen LogP contribution in [0.4, 0.5) is 0 Å². The minimum atomic E-state index is -0.167. The summed E-state index contributed by atoms with van der Waals surface area (Å²) in [6, 6.07) is 3.73. The molecule has 28 heavy (non-hydrogen) atoms. The molecule has 3 nitrogen and oxygen atoms in total. The molecule has 0 heterocycles. The third kappa shape index (κ3) is 7.85. The number of carbonyl (C=O) groups excluding carboxylic acids is 1. The molecule has 1 N–H and O–H groups in total. The van der Waals surface area contributed by atoms with Gasteiger partial charge in [0.05, 0.1) is 6.61 Å². The minimum Gasteiger partial charge on any atom is -0.508 e. The fourth-order valence-electron chi connectivity index (χ4n) is 3.79. The van der Waals surface area contributed by atoms with Crippen LogP contribution in [0.3, 0.4) is 0 Å². The van der Waals surface area contributed by atoms with Gasteiger partial charge in [-0.3, -0.25) is 4.79 Å². The van der Waals surface area contributed by atoms with Crippen molar-refractivity contribution in [2.75, 3.05) is 6.61 Å². The molecule has 160 valence electrons. The highest BCUT2D eigenvalue weighted by molar-refractivity contribution is 5.70.